The van der Waals surface area contributed by atoms with E-state index in [1.807, 2.05) is 0 Å². The van der Waals surface area contributed by atoms with Gasteiger partial charge >= 0.3 is 5.91 Å². The summed E-state index contributed by atoms with van der Waals surface area (Å²) in [7, 11) is -1.82. The number of hydrogen-bond donors (Lipinski definition) is 2. The molecule has 2 atom stereocenters. The highest BCUT2D eigenvalue weighted by molar-refractivity contribution is 7.78. The molecule has 1 aliphatic heterocycles. The summed E-state index contributed by atoms with van der Waals surface area (Å²) in [6.07, 6.45) is 1.38. The van der Waals surface area contributed by atoms with Crippen LogP contribution in [0.2, 0.25) is 0 Å². The van der Waals surface area contributed by atoms with E-state index < -0.39 is 21.4 Å². The van der Waals surface area contributed by atoms with Crippen LogP contribution in [-0.4, -0.2) is 10.1 Å². The first kappa shape index (κ1) is 10.0. The number of carbonyl (C=O) groups excluding carboxylic acids is 1. The number of primary amides is 1. The molecule has 0 spiro atoms. The van der Waals surface area contributed by atoms with Crippen LogP contribution in [0.25, 0.3) is 6.08 Å². The summed E-state index contributed by atoms with van der Waals surface area (Å²) < 4.78 is 10.9. The number of fused-ring (bicyclic) bond motifs is 1. The molecular formula is C9H8N2O3S. The van der Waals surface area contributed by atoms with Crippen LogP contribution < -0.4 is 10.2 Å². The molecule has 0 radical (unpaired) electrons. The second kappa shape index (κ2) is 3.58. The van der Waals surface area contributed by atoms with Crippen molar-refractivity contribution in [3.05, 3.63) is 40.7 Å². The van der Waals surface area contributed by atoms with E-state index >= 15 is 0 Å². The number of benzene rings is 1. The highest BCUT2D eigenvalue weighted by Crippen LogP contribution is 2.17. The van der Waals surface area contributed by atoms with Crippen molar-refractivity contribution in [3.63, 3.8) is 0 Å². The van der Waals surface area contributed by atoms with Crippen LogP contribution >= 0.6 is 0 Å². The third kappa shape index (κ3) is 1.58. The van der Waals surface area contributed by atoms with Gasteiger partial charge in [0.05, 0.1) is 0 Å². The van der Waals surface area contributed by atoms with Crippen LogP contribution in [0.3, 0.4) is 0 Å². The lowest BCUT2D eigenvalue weighted by Gasteiger charge is -2.24. The molecule has 0 saturated carbocycles. The maximum absolute atomic E-state index is 11.6. The van der Waals surface area contributed by atoms with Gasteiger partial charge in [-0.25, -0.2) is 4.47 Å². The quantitative estimate of drug-likeness (QED) is 0.595. The zero-order valence-electron chi connectivity index (χ0n) is 7.60. The van der Waals surface area contributed by atoms with Gasteiger partial charge < -0.3 is 10.9 Å². The molecule has 5 nitrogen and oxygen atoms in total. The molecule has 1 heterocycles. The van der Waals surface area contributed by atoms with E-state index in [0.717, 1.165) is 0 Å². The molecule has 0 aromatic heterocycles. The van der Waals surface area contributed by atoms with E-state index in [0.29, 0.717) is 10.5 Å². The van der Waals surface area contributed by atoms with Gasteiger partial charge in [0.25, 0.3) is 0 Å². The second-order valence-electron chi connectivity index (χ2n) is 3.02. The van der Waals surface area contributed by atoms with Crippen LogP contribution in [0.1, 0.15) is 5.56 Å². The van der Waals surface area contributed by atoms with E-state index in [4.69, 9.17) is 5.73 Å². The van der Waals surface area contributed by atoms with Crippen LogP contribution in [0.15, 0.2) is 34.9 Å². The number of hydroxylamine groups is 1. The van der Waals surface area contributed by atoms with Gasteiger partial charge in [0.15, 0.2) is 0 Å². The number of quaternary nitrogens is 1. The van der Waals surface area contributed by atoms with Gasteiger partial charge in [-0.05, 0) is 6.07 Å². The third-order valence-corrected chi connectivity index (χ3v) is 3.40. The Morgan fingerprint density at radius 3 is 2.73 bits per heavy atom. The van der Waals surface area contributed by atoms with Crippen LogP contribution in [0, 0.1) is 5.21 Å². The molecule has 78 valence electrons. The van der Waals surface area contributed by atoms with E-state index in [2.05, 4.69) is 0 Å². The molecule has 1 aromatic rings. The average Bonchev–Trinajstić information content (AvgIpc) is 2.23. The zero-order chi connectivity index (χ0) is 11.0. The molecule has 0 saturated heterocycles. The van der Waals surface area contributed by atoms with Gasteiger partial charge in [0.2, 0.25) is 16.7 Å². The maximum atomic E-state index is 11.6. The van der Waals surface area contributed by atoms with Crippen LogP contribution in [-0.2, 0) is 15.8 Å². The molecule has 3 N–H and O–H groups in total. The van der Waals surface area contributed by atoms with E-state index in [9.17, 15) is 14.2 Å². The Kier molecular flexibility index (Phi) is 2.39. The molecule has 0 bridgehead atoms. The lowest BCUT2D eigenvalue weighted by atomic mass is 10.2. The number of hydrogen-bond acceptors (Lipinski definition) is 3. The summed E-state index contributed by atoms with van der Waals surface area (Å²) in [6, 6.07) is 6.70. The Morgan fingerprint density at radius 1 is 1.40 bits per heavy atom. The molecular weight excluding hydrogens is 216 g/mol. The minimum Gasteiger partial charge on any atom is -0.614 e. The summed E-state index contributed by atoms with van der Waals surface area (Å²) in [6.45, 7) is 0. The van der Waals surface area contributed by atoms with Gasteiger partial charge in [0, 0.05) is 11.6 Å². The Bertz CT molecular complexity index is 484. The lowest BCUT2D eigenvalue weighted by Crippen LogP contribution is -3.06. The van der Waals surface area contributed by atoms with Crippen molar-refractivity contribution in [2.75, 3.05) is 0 Å². The topological polar surface area (TPSA) is 87.7 Å². The fraction of sp³-hybridized carbons (Fsp3) is 0. The lowest BCUT2D eigenvalue weighted by molar-refractivity contribution is -0.647. The van der Waals surface area contributed by atoms with Crippen molar-refractivity contribution in [1.29, 1.82) is 0 Å². The molecule has 15 heavy (non-hydrogen) atoms. The third-order valence-electron chi connectivity index (χ3n) is 2.07. The molecule has 0 aliphatic carbocycles. The standard InChI is InChI=1S/C9H8N2O3S/c10-9(12)7-5-6-3-1-2-4-8(6)15(14)11(7)13/h1-5,11H,(H2,10,12). The Morgan fingerprint density at radius 2 is 2.07 bits per heavy atom. The number of carbonyl (C=O) groups is 1. The number of rotatable bonds is 1. The summed E-state index contributed by atoms with van der Waals surface area (Å²) >= 11 is 0. The second-order valence-corrected chi connectivity index (χ2v) is 4.36. The van der Waals surface area contributed by atoms with E-state index in [1.165, 1.54) is 6.08 Å². The predicted octanol–water partition coefficient (Wildman–Crippen LogP) is -1.07. The Balaban J connectivity index is 2.62. The first-order chi connectivity index (χ1) is 7.11. The number of amides is 1. The van der Waals surface area contributed by atoms with Crippen molar-refractivity contribution in [2.24, 2.45) is 5.73 Å². The minimum absolute atomic E-state index is 0.202. The monoisotopic (exact) mass is 224 g/mol. The van der Waals surface area contributed by atoms with Crippen LogP contribution in [0.5, 0.6) is 0 Å². The number of nitrogens with one attached hydrogen (secondary N) is 1. The smallest absolute Gasteiger partial charge is 0.304 e. The summed E-state index contributed by atoms with van der Waals surface area (Å²) in [5, 5.41) is 11.5. The van der Waals surface area contributed by atoms with Gasteiger partial charge in [-0.15, -0.1) is 0 Å². The maximum Gasteiger partial charge on any atom is 0.304 e. The van der Waals surface area contributed by atoms with Crippen molar-refractivity contribution in [3.8, 4) is 0 Å². The largest absolute Gasteiger partial charge is 0.614 e. The predicted molar refractivity (Wildman–Crippen MR) is 54.4 cm³/mol. The number of nitrogens with two attached hydrogens (primary N) is 1. The van der Waals surface area contributed by atoms with Crippen molar-refractivity contribution >= 4 is 23.0 Å². The molecule has 6 heteroatoms. The minimum atomic E-state index is -1.82. The summed E-state index contributed by atoms with van der Waals surface area (Å²) in [5.41, 5.74) is 5.41. The molecule has 2 rings (SSSR count). The average molecular weight is 224 g/mol. The first-order valence-corrected chi connectivity index (χ1v) is 5.33. The Labute approximate surface area is 88.3 Å². The summed E-state index contributed by atoms with van der Waals surface area (Å²) in [4.78, 5) is 11.3. The highest BCUT2D eigenvalue weighted by Gasteiger charge is 2.28. The van der Waals surface area contributed by atoms with Gasteiger partial charge in [-0.2, -0.15) is 4.21 Å². The van der Waals surface area contributed by atoms with E-state index in [1.54, 1.807) is 24.3 Å². The SMILES string of the molecule is NC(=O)C1=Cc2ccccc2S(=O)[NH+]1[O-]. The normalized spacial score (nSPS) is 24.2. The van der Waals surface area contributed by atoms with Gasteiger partial charge in [0.1, 0.15) is 4.90 Å². The van der Waals surface area contributed by atoms with Gasteiger partial charge in [-0.1, -0.05) is 18.2 Å². The first-order valence-electron chi connectivity index (χ1n) is 4.18. The molecule has 1 amide bonds. The Hall–Kier alpha value is -1.50. The van der Waals surface area contributed by atoms with Crippen molar-refractivity contribution < 1.29 is 13.5 Å². The van der Waals surface area contributed by atoms with Crippen LogP contribution in [0.4, 0.5) is 0 Å². The van der Waals surface area contributed by atoms with Gasteiger partial charge in [-0.3, -0.25) is 4.79 Å². The van der Waals surface area contributed by atoms with Crippen molar-refractivity contribution in [1.82, 2.24) is 0 Å². The molecule has 2 unspecified atom stereocenters. The highest BCUT2D eigenvalue weighted by atomic mass is 32.2. The molecule has 1 aliphatic rings. The van der Waals surface area contributed by atoms with E-state index in [-0.39, 0.29) is 5.70 Å². The summed E-state index contributed by atoms with van der Waals surface area (Å²) in [5.74, 6) is -0.845. The fourth-order valence-electron chi connectivity index (χ4n) is 1.35. The fourth-order valence-corrected chi connectivity index (χ4v) is 2.46. The molecule has 1 aromatic carbocycles. The molecule has 0 fully saturated rings. The van der Waals surface area contributed by atoms with Crippen molar-refractivity contribution in [2.45, 2.75) is 4.90 Å². The zero-order valence-corrected chi connectivity index (χ0v) is 8.41.